The van der Waals surface area contributed by atoms with Gasteiger partial charge >= 0.3 is 5.97 Å². The van der Waals surface area contributed by atoms with Crippen molar-refractivity contribution in [2.24, 2.45) is 0 Å². The monoisotopic (exact) mass is 397 g/mol. The number of nitrogens with one attached hydrogen (secondary N) is 1. The first-order valence-electron chi connectivity index (χ1n) is 9.88. The largest absolute Gasteiger partial charge is 0.469 e. The van der Waals surface area contributed by atoms with Gasteiger partial charge in [-0.1, -0.05) is 48.5 Å². The summed E-state index contributed by atoms with van der Waals surface area (Å²) in [7, 11) is 1.41. The van der Waals surface area contributed by atoms with E-state index >= 15 is 0 Å². The molecule has 0 aliphatic carbocycles. The fourth-order valence-electron chi connectivity index (χ4n) is 3.60. The van der Waals surface area contributed by atoms with Crippen molar-refractivity contribution in [1.82, 2.24) is 15.0 Å². The molecule has 0 amide bonds. The Morgan fingerprint density at radius 1 is 0.967 bits per heavy atom. The number of nitrogens with zero attached hydrogens (tertiary/aromatic N) is 2. The third-order valence-corrected chi connectivity index (χ3v) is 5.14. The number of benzene rings is 2. The second-order valence-corrected chi connectivity index (χ2v) is 7.15. The number of ether oxygens (including phenoxy) is 1. The first-order chi connectivity index (χ1) is 14.7. The lowest BCUT2D eigenvalue weighted by Crippen LogP contribution is -2.08. The van der Waals surface area contributed by atoms with Crippen molar-refractivity contribution in [3.05, 3.63) is 108 Å². The molecule has 30 heavy (non-hydrogen) atoms. The number of H-pyrrole nitrogens is 1. The molecule has 0 aliphatic rings. The molecule has 1 atom stereocenters. The molecule has 0 fully saturated rings. The summed E-state index contributed by atoms with van der Waals surface area (Å²) in [6.07, 6.45) is 6.54. The maximum atomic E-state index is 11.7. The van der Waals surface area contributed by atoms with Gasteiger partial charge in [0.15, 0.2) is 5.82 Å². The number of aromatic nitrogens is 3. The second-order valence-electron chi connectivity index (χ2n) is 7.15. The Morgan fingerprint density at radius 3 is 2.47 bits per heavy atom. The Kier molecular flexibility index (Phi) is 5.99. The van der Waals surface area contributed by atoms with Gasteiger partial charge in [-0.15, -0.1) is 0 Å². The SMILES string of the molecule is COC(=O)Cc1cccc(C(Cc2ccc(-c3ncccn3)cc2)c2ccc[nH]2)c1. The van der Waals surface area contributed by atoms with Crippen molar-refractivity contribution < 1.29 is 9.53 Å². The third-order valence-electron chi connectivity index (χ3n) is 5.14. The molecule has 2 heterocycles. The molecule has 0 aliphatic heterocycles. The van der Waals surface area contributed by atoms with Gasteiger partial charge in [-0.25, -0.2) is 9.97 Å². The lowest BCUT2D eigenvalue weighted by atomic mass is 9.88. The number of hydrogen-bond acceptors (Lipinski definition) is 4. The van der Waals surface area contributed by atoms with Crippen molar-refractivity contribution in [2.75, 3.05) is 7.11 Å². The minimum absolute atomic E-state index is 0.149. The van der Waals surface area contributed by atoms with Crippen molar-refractivity contribution in [2.45, 2.75) is 18.8 Å². The van der Waals surface area contributed by atoms with Gasteiger partial charge in [-0.3, -0.25) is 4.79 Å². The van der Waals surface area contributed by atoms with Gasteiger partial charge in [-0.05, 0) is 41.3 Å². The summed E-state index contributed by atoms with van der Waals surface area (Å²) in [5.74, 6) is 0.638. The molecule has 5 heteroatoms. The Bertz CT molecular complexity index is 1090. The number of aromatic amines is 1. The third kappa shape index (κ3) is 4.63. The predicted octanol–water partition coefficient (Wildman–Crippen LogP) is 4.56. The lowest BCUT2D eigenvalue weighted by Gasteiger charge is -2.18. The molecule has 2 aromatic heterocycles. The van der Waals surface area contributed by atoms with E-state index in [4.69, 9.17) is 4.74 Å². The van der Waals surface area contributed by atoms with Crippen LogP contribution in [0, 0.1) is 0 Å². The highest BCUT2D eigenvalue weighted by atomic mass is 16.5. The highest BCUT2D eigenvalue weighted by Gasteiger charge is 2.17. The molecule has 0 saturated heterocycles. The van der Waals surface area contributed by atoms with Crippen LogP contribution in [0.3, 0.4) is 0 Å². The van der Waals surface area contributed by atoms with Crippen LogP contribution in [0.1, 0.15) is 28.3 Å². The highest BCUT2D eigenvalue weighted by Crippen LogP contribution is 2.29. The van der Waals surface area contributed by atoms with Gasteiger partial charge in [0, 0.05) is 35.8 Å². The highest BCUT2D eigenvalue weighted by molar-refractivity contribution is 5.72. The summed E-state index contributed by atoms with van der Waals surface area (Å²) in [6, 6.07) is 22.5. The number of carbonyl (C=O) groups excluding carboxylic acids is 1. The zero-order valence-corrected chi connectivity index (χ0v) is 16.8. The molecule has 0 radical (unpaired) electrons. The number of carbonyl (C=O) groups is 1. The van der Waals surface area contributed by atoms with Crippen LogP contribution in [0.2, 0.25) is 0 Å². The molecule has 150 valence electrons. The van der Waals surface area contributed by atoms with Crippen molar-refractivity contribution >= 4 is 5.97 Å². The molecule has 0 bridgehead atoms. The zero-order chi connectivity index (χ0) is 20.8. The van der Waals surface area contributed by atoms with Gasteiger partial charge in [0.25, 0.3) is 0 Å². The van der Waals surface area contributed by atoms with E-state index < -0.39 is 0 Å². The second kappa shape index (κ2) is 9.18. The molecular weight excluding hydrogens is 374 g/mol. The minimum atomic E-state index is -0.234. The summed E-state index contributed by atoms with van der Waals surface area (Å²) >= 11 is 0. The first-order valence-corrected chi connectivity index (χ1v) is 9.88. The standard InChI is InChI=1S/C25H23N3O2/c1-30-24(29)17-19-5-2-6-21(15-19)22(23-7-3-12-26-23)16-18-8-10-20(11-9-18)25-27-13-4-14-28-25/h2-15,22,26H,16-17H2,1H3. The van der Waals surface area contributed by atoms with E-state index in [1.165, 1.54) is 12.7 Å². The number of methoxy groups -OCH3 is 1. The van der Waals surface area contributed by atoms with Crippen molar-refractivity contribution in [1.29, 1.82) is 0 Å². The maximum absolute atomic E-state index is 11.7. The molecular formula is C25H23N3O2. The van der Waals surface area contributed by atoms with E-state index in [-0.39, 0.29) is 18.3 Å². The van der Waals surface area contributed by atoms with Gasteiger partial charge in [-0.2, -0.15) is 0 Å². The van der Waals surface area contributed by atoms with Crippen LogP contribution in [0.4, 0.5) is 0 Å². The molecule has 1 unspecified atom stereocenters. The normalized spacial score (nSPS) is 11.8. The Balaban J connectivity index is 1.60. The Morgan fingerprint density at radius 2 is 1.77 bits per heavy atom. The quantitative estimate of drug-likeness (QED) is 0.464. The van der Waals surface area contributed by atoms with E-state index in [0.29, 0.717) is 0 Å². The summed E-state index contributed by atoms with van der Waals surface area (Å²) in [5.41, 5.74) is 5.46. The molecule has 0 saturated carbocycles. The van der Waals surface area contributed by atoms with Crippen LogP contribution in [0.25, 0.3) is 11.4 Å². The van der Waals surface area contributed by atoms with E-state index in [1.807, 2.05) is 30.5 Å². The fourth-order valence-corrected chi connectivity index (χ4v) is 3.60. The van der Waals surface area contributed by atoms with Gasteiger partial charge in [0.1, 0.15) is 0 Å². The summed E-state index contributed by atoms with van der Waals surface area (Å²) in [6.45, 7) is 0. The van der Waals surface area contributed by atoms with Crippen LogP contribution >= 0.6 is 0 Å². The van der Waals surface area contributed by atoms with Crippen LogP contribution in [-0.4, -0.2) is 28.0 Å². The average Bonchev–Trinajstić information content (AvgIpc) is 3.33. The van der Waals surface area contributed by atoms with Gasteiger partial charge in [0.05, 0.1) is 13.5 Å². The minimum Gasteiger partial charge on any atom is -0.469 e. The van der Waals surface area contributed by atoms with E-state index in [9.17, 15) is 4.79 Å². The number of rotatable bonds is 7. The first kappa shape index (κ1) is 19.6. The lowest BCUT2D eigenvalue weighted by molar-refractivity contribution is -0.139. The van der Waals surface area contributed by atoms with E-state index in [1.54, 1.807) is 12.4 Å². The van der Waals surface area contributed by atoms with Crippen LogP contribution in [0.5, 0.6) is 0 Å². The summed E-state index contributed by atoms with van der Waals surface area (Å²) < 4.78 is 4.81. The summed E-state index contributed by atoms with van der Waals surface area (Å²) in [4.78, 5) is 23.7. The molecule has 2 aromatic carbocycles. The van der Waals surface area contributed by atoms with Gasteiger partial charge < -0.3 is 9.72 Å². The Labute approximate surface area is 175 Å². The van der Waals surface area contributed by atoms with Crippen LogP contribution < -0.4 is 0 Å². The number of esters is 1. The molecule has 1 N–H and O–H groups in total. The molecule has 4 aromatic rings. The molecule has 4 rings (SSSR count). The van der Waals surface area contributed by atoms with Crippen LogP contribution in [0.15, 0.2) is 85.3 Å². The van der Waals surface area contributed by atoms with Gasteiger partial charge in [0.2, 0.25) is 0 Å². The number of hydrogen-bond donors (Lipinski definition) is 1. The maximum Gasteiger partial charge on any atom is 0.309 e. The predicted molar refractivity (Wildman–Crippen MR) is 116 cm³/mol. The fraction of sp³-hybridized carbons (Fsp3) is 0.160. The van der Waals surface area contributed by atoms with Crippen LogP contribution in [-0.2, 0) is 22.4 Å². The smallest absolute Gasteiger partial charge is 0.309 e. The van der Waals surface area contributed by atoms with E-state index in [0.717, 1.165) is 34.6 Å². The van der Waals surface area contributed by atoms with Crippen molar-refractivity contribution in [3.63, 3.8) is 0 Å². The molecule has 0 spiro atoms. The van der Waals surface area contributed by atoms with E-state index in [2.05, 4.69) is 57.4 Å². The Hall–Kier alpha value is -3.73. The van der Waals surface area contributed by atoms with Crippen molar-refractivity contribution in [3.8, 4) is 11.4 Å². The average molecular weight is 397 g/mol. The topological polar surface area (TPSA) is 67.9 Å². The summed E-state index contributed by atoms with van der Waals surface area (Å²) in [5, 5.41) is 0. The zero-order valence-electron chi connectivity index (χ0n) is 16.8. The molecule has 5 nitrogen and oxygen atoms in total.